The van der Waals surface area contributed by atoms with Crippen LogP contribution in [0.25, 0.3) is 0 Å². The van der Waals surface area contributed by atoms with Crippen molar-refractivity contribution >= 4 is 5.69 Å². The summed E-state index contributed by atoms with van der Waals surface area (Å²) in [6.45, 7) is 3.56. The summed E-state index contributed by atoms with van der Waals surface area (Å²) >= 11 is 0. The maximum Gasteiger partial charge on any atom is 0.272 e. The van der Waals surface area contributed by atoms with Crippen molar-refractivity contribution in [3.05, 3.63) is 34.1 Å². The summed E-state index contributed by atoms with van der Waals surface area (Å²) in [5.41, 5.74) is -1.34. The number of nitro groups is 1. The molecule has 0 unspecified atom stereocenters. The van der Waals surface area contributed by atoms with Crippen LogP contribution in [-0.2, 0) is 0 Å². The first-order valence-corrected chi connectivity index (χ1v) is 5.71. The maximum atomic E-state index is 13.5. The molecule has 6 heteroatoms. The van der Waals surface area contributed by atoms with E-state index in [1.165, 1.54) is 6.07 Å². The Morgan fingerprint density at radius 1 is 1.44 bits per heavy atom. The van der Waals surface area contributed by atoms with Gasteiger partial charge in [0.15, 0.2) is 11.6 Å². The first-order chi connectivity index (χ1) is 8.41. The predicted molar refractivity (Wildman–Crippen MR) is 64.1 cm³/mol. The first-order valence-electron chi connectivity index (χ1n) is 5.71. The third kappa shape index (κ3) is 3.40. The zero-order valence-corrected chi connectivity index (χ0v) is 10.4. The molecular weight excluding hydrogens is 241 g/mol. The van der Waals surface area contributed by atoms with E-state index in [2.05, 4.69) is 0 Å². The van der Waals surface area contributed by atoms with E-state index in [0.29, 0.717) is 12.8 Å². The second-order valence-electron chi connectivity index (χ2n) is 4.09. The van der Waals surface area contributed by atoms with E-state index < -0.39 is 16.3 Å². The normalized spacial score (nSPS) is 11.3. The van der Waals surface area contributed by atoms with E-state index in [1.54, 1.807) is 13.8 Å². The van der Waals surface area contributed by atoms with Gasteiger partial charge in [0.05, 0.1) is 16.6 Å². The molecule has 1 N–H and O–H groups in total. The monoisotopic (exact) mass is 257 g/mol. The van der Waals surface area contributed by atoms with Gasteiger partial charge in [-0.1, -0.05) is 13.8 Å². The Balaban J connectivity index is 2.77. The second kappa shape index (κ2) is 5.77. The van der Waals surface area contributed by atoms with Gasteiger partial charge in [-0.25, -0.2) is 4.39 Å². The van der Waals surface area contributed by atoms with Gasteiger partial charge in [-0.15, -0.1) is 0 Å². The van der Waals surface area contributed by atoms with Crippen molar-refractivity contribution in [3.63, 3.8) is 0 Å². The number of non-ortho nitro benzene ring substituents is 1. The maximum absolute atomic E-state index is 13.5. The highest BCUT2D eigenvalue weighted by Crippen LogP contribution is 2.24. The van der Waals surface area contributed by atoms with Crippen LogP contribution in [0.4, 0.5) is 10.1 Å². The van der Waals surface area contributed by atoms with Crippen LogP contribution < -0.4 is 4.74 Å². The van der Waals surface area contributed by atoms with Gasteiger partial charge < -0.3 is 9.84 Å². The van der Waals surface area contributed by atoms with Crippen LogP contribution in [-0.4, -0.2) is 22.2 Å². The third-order valence-corrected chi connectivity index (χ3v) is 2.94. The fraction of sp³-hybridized carbons (Fsp3) is 0.500. The third-order valence-electron chi connectivity index (χ3n) is 2.94. The Kier molecular flexibility index (Phi) is 4.61. The first kappa shape index (κ1) is 14.4. The molecule has 1 aromatic carbocycles. The number of halogens is 1. The van der Waals surface area contributed by atoms with Gasteiger partial charge in [-0.3, -0.25) is 10.1 Å². The quantitative estimate of drug-likeness (QED) is 0.628. The lowest BCUT2D eigenvalue weighted by atomic mass is 9.99. The molecule has 0 aromatic heterocycles. The van der Waals surface area contributed by atoms with Crippen LogP contribution in [0.3, 0.4) is 0 Å². The van der Waals surface area contributed by atoms with Crippen LogP contribution in [0.2, 0.25) is 0 Å². The zero-order valence-electron chi connectivity index (χ0n) is 10.4. The van der Waals surface area contributed by atoms with Crippen molar-refractivity contribution in [2.75, 3.05) is 6.61 Å². The number of ether oxygens (including phenoxy) is 1. The summed E-state index contributed by atoms with van der Waals surface area (Å²) < 4.78 is 18.7. The highest BCUT2D eigenvalue weighted by molar-refractivity contribution is 5.37. The van der Waals surface area contributed by atoms with E-state index in [9.17, 15) is 19.6 Å². The van der Waals surface area contributed by atoms with Crippen molar-refractivity contribution in [1.82, 2.24) is 0 Å². The molecule has 5 nitrogen and oxygen atoms in total. The molecule has 0 aliphatic rings. The van der Waals surface area contributed by atoms with Gasteiger partial charge in [0, 0.05) is 6.07 Å². The standard InChI is InChI=1S/C12H16FNO4/c1-3-12(15,4-2)8-18-11-6-5-9(14(16)17)7-10(11)13/h5-7,15H,3-4,8H2,1-2H3. The van der Waals surface area contributed by atoms with Gasteiger partial charge in [0.25, 0.3) is 5.69 Å². The minimum atomic E-state index is -1.01. The highest BCUT2D eigenvalue weighted by atomic mass is 19.1. The lowest BCUT2D eigenvalue weighted by molar-refractivity contribution is -0.385. The molecule has 1 rings (SSSR count). The number of aliphatic hydroxyl groups is 1. The highest BCUT2D eigenvalue weighted by Gasteiger charge is 2.24. The predicted octanol–water partition coefficient (Wildman–Crippen LogP) is 2.66. The van der Waals surface area contributed by atoms with Gasteiger partial charge in [0.2, 0.25) is 0 Å². The summed E-state index contributed by atoms with van der Waals surface area (Å²) in [4.78, 5) is 9.75. The van der Waals surface area contributed by atoms with Gasteiger partial charge in [-0.2, -0.15) is 0 Å². The topological polar surface area (TPSA) is 72.6 Å². The Hall–Kier alpha value is -1.69. The van der Waals surface area contributed by atoms with Gasteiger partial charge >= 0.3 is 0 Å². The average Bonchev–Trinajstić information content (AvgIpc) is 2.36. The Morgan fingerprint density at radius 2 is 2.06 bits per heavy atom. The minimum Gasteiger partial charge on any atom is -0.488 e. The SMILES string of the molecule is CCC(O)(CC)COc1ccc([N+](=O)[O-])cc1F. The molecule has 0 spiro atoms. The molecule has 0 radical (unpaired) electrons. The zero-order chi connectivity index (χ0) is 13.8. The number of nitrogens with zero attached hydrogens (tertiary/aromatic N) is 1. The molecule has 0 aliphatic heterocycles. The molecule has 0 fully saturated rings. The Bertz CT molecular complexity index is 432. The summed E-state index contributed by atoms with van der Waals surface area (Å²) in [7, 11) is 0. The molecule has 0 atom stereocenters. The fourth-order valence-electron chi connectivity index (χ4n) is 1.39. The molecule has 1 aromatic rings. The lowest BCUT2D eigenvalue weighted by Gasteiger charge is -2.25. The van der Waals surface area contributed by atoms with Crippen molar-refractivity contribution < 1.29 is 19.2 Å². The Morgan fingerprint density at radius 3 is 2.50 bits per heavy atom. The lowest BCUT2D eigenvalue weighted by Crippen LogP contribution is -2.34. The average molecular weight is 257 g/mol. The molecule has 0 saturated carbocycles. The van der Waals surface area contributed by atoms with E-state index in [-0.39, 0.29) is 18.0 Å². The molecule has 18 heavy (non-hydrogen) atoms. The van der Waals surface area contributed by atoms with Crippen LogP contribution in [0.5, 0.6) is 5.75 Å². The summed E-state index contributed by atoms with van der Waals surface area (Å²) in [5, 5.41) is 20.4. The smallest absolute Gasteiger partial charge is 0.272 e. The minimum absolute atomic E-state index is 0.0469. The van der Waals surface area contributed by atoms with Crippen LogP contribution in [0.1, 0.15) is 26.7 Å². The van der Waals surface area contributed by atoms with E-state index in [1.807, 2.05) is 0 Å². The van der Waals surface area contributed by atoms with Crippen LogP contribution >= 0.6 is 0 Å². The largest absolute Gasteiger partial charge is 0.488 e. The van der Waals surface area contributed by atoms with E-state index in [0.717, 1.165) is 12.1 Å². The van der Waals surface area contributed by atoms with Crippen molar-refractivity contribution in [2.24, 2.45) is 0 Å². The van der Waals surface area contributed by atoms with Crippen molar-refractivity contribution in [1.29, 1.82) is 0 Å². The molecule has 0 saturated heterocycles. The van der Waals surface area contributed by atoms with Crippen LogP contribution in [0.15, 0.2) is 18.2 Å². The molecule has 0 heterocycles. The molecule has 0 bridgehead atoms. The van der Waals surface area contributed by atoms with Crippen molar-refractivity contribution in [2.45, 2.75) is 32.3 Å². The number of hydrogen-bond donors (Lipinski definition) is 1. The molecule has 0 amide bonds. The van der Waals surface area contributed by atoms with Gasteiger partial charge in [-0.05, 0) is 18.9 Å². The van der Waals surface area contributed by atoms with Gasteiger partial charge in [0.1, 0.15) is 6.61 Å². The second-order valence-corrected chi connectivity index (χ2v) is 4.09. The summed E-state index contributed by atoms with van der Waals surface area (Å²) in [5.74, 6) is -0.903. The molecular formula is C12H16FNO4. The molecule has 100 valence electrons. The number of hydrogen-bond acceptors (Lipinski definition) is 4. The van der Waals surface area contributed by atoms with E-state index in [4.69, 9.17) is 4.74 Å². The number of rotatable bonds is 6. The summed E-state index contributed by atoms with van der Waals surface area (Å²) in [6.07, 6.45) is 0.968. The number of nitro benzene ring substituents is 1. The molecule has 0 aliphatic carbocycles. The van der Waals surface area contributed by atoms with Crippen molar-refractivity contribution in [3.8, 4) is 5.75 Å². The summed E-state index contributed by atoms with van der Waals surface area (Å²) in [6, 6.07) is 3.15. The number of benzene rings is 1. The van der Waals surface area contributed by atoms with Crippen LogP contribution in [0, 0.1) is 15.9 Å². The Labute approximate surface area is 104 Å². The van der Waals surface area contributed by atoms with E-state index >= 15 is 0 Å². The fourth-order valence-corrected chi connectivity index (χ4v) is 1.39.